The molecule has 1 saturated carbocycles. The van der Waals surface area contributed by atoms with E-state index < -0.39 is 6.10 Å². The Balaban J connectivity index is 2.12. The third-order valence-corrected chi connectivity index (χ3v) is 3.72. The van der Waals surface area contributed by atoms with Crippen LogP contribution in [-0.2, 0) is 4.79 Å². The first-order valence-electron chi connectivity index (χ1n) is 5.48. The van der Waals surface area contributed by atoms with Gasteiger partial charge in [-0.25, -0.2) is 0 Å². The largest absolute Gasteiger partial charge is 0.391 e. The van der Waals surface area contributed by atoms with Gasteiger partial charge in [-0.15, -0.1) is 0 Å². The molecule has 0 aromatic carbocycles. The number of hydrogen-bond acceptors (Lipinski definition) is 2. The lowest BCUT2D eigenvalue weighted by Crippen LogP contribution is -2.43. The third-order valence-electron chi connectivity index (χ3n) is 3.72. The van der Waals surface area contributed by atoms with E-state index in [1.807, 2.05) is 4.90 Å². The number of nitrogens with zero attached hydrogens (tertiary/aromatic N) is 1. The number of aliphatic hydroxyl groups excluding tert-OH is 1. The highest BCUT2D eigenvalue weighted by molar-refractivity contribution is 5.79. The summed E-state index contributed by atoms with van der Waals surface area (Å²) in [4.78, 5) is 13.5. The van der Waals surface area contributed by atoms with Crippen molar-refractivity contribution < 1.29 is 9.90 Å². The average Bonchev–Trinajstić information content (AvgIpc) is 2.54. The van der Waals surface area contributed by atoms with Crippen LogP contribution in [0.25, 0.3) is 0 Å². The molecule has 1 saturated heterocycles. The Bertz CT molecular complexity index is 250. The molecule has 14 heavy (non-hydrogen) atoms. The minimum atomic E-state index is -0.432. The molecule has 0 spiro atoms. The van der Waals surface area contributed by atoms with E-state index in [2.05, 4.69) is 13.8 Å². The molecule has 1 aliphatic carbocycles. The fourth-order valence-electron chi connectivity index (χ4n) is 2.90. The number of hydrogen-bond donors (Lipinski definition) is 1. The van der Waals surface area contributed by atoms with Crippen molar-refractivity contribution in [2.24, 2.45) is 5.41 Å². The normalized spacial score (nSPS) is 36.8. The highest BCUT2D eigenvalue weighted by Crippen LogP contribution is 2.41. The van der Waals surface area contributed by atoms with Gasteiger partial charge in [0.25, 0.3) is 0 Å². The first-order valence-corrected chi connectivity index (χ1v) is 5.48. The van der Waals surface area contributed by atoms with E-state index in [1.165, 1.54) is 12.8 Å². The van der Waals surface area contributed by atoms with Gasteiger partial charge in [-0.05, 0) is 18.3 Å². The lowest BCUT2D eigenvalue weighted by atomic mass is 9.86. The summed E-state index contributed by atoms with van der Waals surface area (Å²) in [5.41, 5.74) is 0.236. The Morgan fingerprint density at radius 2 is 2.21 bits per heavy atom. The molecule has 0 aromatic rings. The highest BCUT2D eigenvalue weighted by atomic mass is 16.3. The number of rotatable bonds is 1. The molecule has 3 nitrogen and oxygen atoms in total. The lowest BCUT2D eigenvalue weighted by molar-refractivity contribution is -0.131. The second-order valence-corrected chi connectivity index (χ2v) is 5.30. The molecule has 2 unspecified atom stereocenters. The molecule has 2 atom stereocenters. The van der Waals surface area contributed by atoms with Gasteiger partial charge in [-0.2, -0.15) is 0 Å². The minimum Gasteiger partial charge on any atom is -0.391 e. The van der Waals surface area contributed by atoms with Gasteiger partial charge in [-0.1, -0.05) is 20.3 Å². The second kappa shape index (κ2) is 3.23. The maximum Gasteiger partial charge on any atom is 0.225 e. The van der Waals surface area contributed by atoms with Gasteiger partial charge in [-0.3, -0.25) is 4.79 Å². The molecule has 1 heterocycles. The van der Waals surface area contributed by atoms with Gasteiger partial charge in [0.05, 0.1) is 12.5 Å². The maximum atomic E-state index is 11.6. The molecule has 80 valence electrons. The number of aliphatic hydroxyl groups is 1. The van der Waals surface area contributed by atoms with Gasteiger partial charge < -0.3 is 10.0 Å². The summed E-state index contributed by atoms with van der Waals surface area (Å²) >= 11 is 0. The summed E-state index contributed by atoms with van der Waals surface area (Å²) in [6.45, 7) is 5.00. The number of carbonyl (C=O) groups excluding carboxylic acids is 1. The van der Waals surface area contributed by atoms with Gasteiger partial charge >= 0.3 is 0 Å². The number of carbonyl (C=O) groups is 1. The number of amides is 1. The van der Waals surface area contributed by atoms with Crippen LogP contribution < -0.4 is 0 Å². The highest BCUT2D eigenvalue weighted by Gasteiger charge is 2.43. The molecule has 1 N–H and O–H groups in total. The van der Waals surface area contributed by atoms with Gasteiger partial charge in [0.2, 0.25) is 5.91 Å². The average molecular weight is 197 g/mol. The van der Waals surface area contributed by atoms with Crippen molar-refractivity contribution in [3.05, 3.63) is 0 Å². The Labute approximate surface area is 85.1 Å². The van der Waals surface area contributed by atoms with Crippen molar-refractivity contribution in [2.45, 2.75) is 51.7 Å². The zero-order valence-electron chi connectivity index (χ0n) is 8.99. The zero-order valence-corrected chi connectivity index (χ0v) is 8.99. The second-order valence-electron chi connectivity index (χ2n) is 5.30. The summed E-state index contributed by atoms with van der Waals surface area (Å²) in [6, 6.07) is 0.354. The van der Waals surface area contributed by atoms with E-state index >= 15 is 0 Å². The van der Waals surface area contributed by atoms with Crippen LogP contribution in [-0.4, -0.2) is 34.6 Å². The van der Waals surface area contributed by atoms with Crippen LogP contribution in [0.15, 0.2) is 0 Å². The smallest absolute Gasteiger partial charge is 0.225 e. The molecular weight excluding hydrogens is 178 g/mol. The Morgan fingerprint density at radius 3 is 2.64 bits per heavy atom. The summed E-state index contributed by atoms with van der Waals surface area (Å²) in [5, 5.41) is 9.44. The molecular formula is C11H19NO2. The first-order chi connectivity index (χ1) is 6.50. The molecule has 2 fully saturated rings. The van der Waals surface area contributed by atoms with Crippen LogP contribution in [0.2, 0.25) is 0 Å². The Hall–Kier alpha value is -0.570. The monoisotopic (exact) mass is 197 g/mol. The van der Waals surface area contributed by atoms with Crippen molar-refractivity contribution in [2.75, 3.05) is 6.54 Å². The lowest BCUT2D eigenvalue weighted by Gasteiger charge is -2.34. The van der Waals surface area contributed by atoms with Gasteiger partial charge in [0.1, 0.15) is 0 Å². The van der Waals surface area contributed by atoms with Gasteiger partial charge in [0, 0.05) is 12.6 Å². The molecule has 3 heteroatoms. The molecule has 2 aliphatic rings. The zero-order chi connectivity index (χ0) is 10.3. The van der Waals surface area contributed by atoms with Crippen LogP contribution in [0, 0.1) is 5.41 Å². The standard InChI is InChI=1S/C11H19NO2/c1-11(2)5-3-4-9(11)12-7-8(13)6-10(12)14/h8-9,13H,3-7H2,1-2H3. The maximum absolute atomic E-state index is 11.6. The molecule has 2 rings (SSSR count). The molecule has 1 aliphatic heterocycles. The molecule has 0 bridgehead atoms. The van der Waals surface area contributed by atoms with E-state index in [9.17, 15) is 9.90 Å². The van der Waals surface area contributed by atoms with Crippen LogP contribution >= 0.6 is 0 Å². The van der Waals surface area contributed by atoms with Crippen molar-refractivity contribution in [1.82, 2.24) is 4.90 Å². The molecule has 0 radical (unpaired) electrons. The van der Waals surface area contributed by atoms with Gasteiger partial charge in [0.15, 0.2) is 0 Å². The Morgan fingerprint density at radius 1 is 1.50 bits per heavy atom. The van der Waals surface area contributed by atoms with Crippen molar-refractivity contribution >= 4 is 5.91 Å². The van der Waals surface area contributed by atoms with Crippen LogP contribution in [0.3, 0.4) is 0 Å². The minimum absolute atomic E-state index is 0.137. The van der Waals surface area contributed by atoms with E-state index in [1.54, 1.807) is 0 Å². The van der Waals surface area contributed by atoms with Crippen LogP contribution in [0.4, 0.5) is 0 Å². The predicted octanol–water partition coefficient (Wildman–Crippen LogP) is 1.16. The van der Waals surface area contributed by atoms with E-state index in [0.717, 1.165) is 6.42 Å². The fraction of sp³-hybridized carbons (Fsp3) is 0.909. The number of likely N-dealkylation sites (tertiary alicyclic amines) is 1. The van der Waals surface area contributed by atoms with Crippen LogP contribution in [0.1, 0.15) is 39.5 Å². The first kappa shape index (κ1) is 9.97. The SMILES string of the molecule is CC1(C)CCCC1N1CC(O)CC1=O. The number of β-amino-alcohol motifs (C(OH)–C–C–N with tert-alkyl or cyclic N) is 1. The third kappa shape index (κ3) is 1.54. The fourth-order valence-corrected chi connectivity index (χ4v) is 2.90. The van der Waals surface area contributed by atoms with E-state index in [-0.39, 0.29) is 11.3 Å². The van der Waals surface area contributed by atoms with E-state index in [4.69, 9.17) is 0 Å². The van der Waals surface area contributed by atoms with Crippen molar-refractivity contribution in [1.29, 1.82) is 0 Å². The summed E-state index contributed by atoms with van der Waals surface area (Å²) in [7, 11) is 0. The summed E-state index contributed by atoms with van der Waals surface area (Å²) in [5.74, 6) is 0.137. The Kier molecular flexibility index (Phi) is 2.30. The van der Waals surface area contributed by atoms with E-state index in [0.29, 0.717) is 19.0 Å². The topological polar surface area (TPSA) is 40.5 Å². The summed E-state index contributed by atoms with van der Waals surface area (Å²) < 4.78 is 0. The molecule has 1 amide bonds. The van der Waals surface area contributed by atoms with Crippen LogP contribution in [0.5, 0.6) is 0 Å². The summed E-state index contributed by atoms with van der Waals surface area (Å²) in [6.07, 6.45) is 3.39. The quantitative estimate of drug-likeness (QED) is 0.685. The predicted molar refractivity (Wildman–Crippen MR) is 53.8 cm³/mol. The molecule has 0 aromatic heterocycles. The van der Waals surface area contributed by atoms with Crippen molar-refractivity contribution in [3.63, 3.8) is 0 Å². The van der Waals surface area contributed by atoms with Crippen molar-refractivity contribution in [3.8, 4) is 0 Å².